The molecule has 4 aromatic rings. The Morgan fingerprint density at radius 3 is 2.61 bits per heavy atom. The van der Waals surface area contributed by atoms with Crippen molar-refractivity contribution in [2.45, 2.75) is 6.54 Å². The Hall–Kier alpha value is -4.41. The van der Waals surface area contributed by atoms with Gasteiger partial charge in [-0.15, -0.1) is 10.2 Å². The van der Waals surface area contributed by atoms with Gasteiger partial charge in [0.2, 0.25) is 0 Å². The molecule has 11 nitrogen and oxygen atoms in total. The zero-order valence-electron chi connectivity index (χ0n) is 18.8. The fourth-order valence-electron chi connectivity index (χ4n) is 4.06. The Labute approximate surface area is 190 Å². The van der Waals surface area contributed by atoms with Crippen molar-refractivity contribution in [3.05, 3.63) is 54.2 Å². The Kier molecular flexibility index (Phi) is 4.93. The largest absolute Gasteiger partial charge is 0.366 e. The number of aryl methyl sites for hydroxylation is 2. The minimum atomic E-state index is -0.328. The van der Waals surface area contributed by atoms with Gasteiger partial charge in [0.15, 0.2) is 11.5 Å². The highest BCUT2D eigenvalue weighted by Crippen LogP contribution is 2.43. The van der Waals surface area contributed by atoms with E-state index < -0.39 is 0 Å². The number of rotatable bonds is 5. The molecule has 1 amide bonds. The lowest BCUT2D eigenvalue weighted by Gasteiger charge is -2.30. The van der Waals surface area contributed by atoms with Crippen molar-refractivity contribution in [3.63, 3.8) is 0 Å². The number of hydrogen-bond donors (Lipinski definition) is 3. The first kappa shape index (κ1) is 20.5. The zero-order valence-corrected chi connectivity index (χ0v) is 18.8. The van der Waals surface area contributed by atoms with Crippen LogP contribution in [0.4, 0.5) is 28.6 Å². The number of carbonyl (C=O) groups is 1. The fraction of sp³-hybridized carbons (Fsp3) is 0.227. The maximum absolute atomic E-state index is 12.5. The number of anilines is 5. The van der Waals surface area contributed by atoms with Crippen LogP contribution in [0.25, 0.3) is 11.1 Å². The van der Waals surface area contributed by atoms with Gasteiger partial charge in [-0.05, 0) is 6.07 Å². The van der Waals surface area contributed by atoms with Gasteiger partial charge in [-0.3, -0.25) is 14.2 Å². The minimum Gasteiger partial charge on any atom is -0.366 e. The van der Waals surface area contributed by atoms with Crippen LogP contribution in [0.15, 0.2) is 42.9 Å². The molecule has 1 aliphatic heterocycles. The Morgan fingerprint density at radius 1 is 1.00 bits per heavy atom. The van der Waals surface area contributed by atoms with Crippen LogP contribution in [0.1, 0.15) is 16.2 Å². The first-order chi connectivity index (χ1) is 15.9. The van der Waals surface area contributed by atoms with E-state index in [1.807, 2.05) is 50.4 Å². The van der Waals surface area contributed by atoms with Crippen LogP contribution in [-0.2, 0) is 20.6 Å². The number of nitrogens with one attached hydrogen (secondary N) is 3. The molecule has 11 heteroatoms. The highest BCUT2D eigenvalue weighted by Gasteiger charge is 2.26. The number of para-hydroxylation sites is 1. The lowest BCUT2D eigenvalue weighted by Crippen LogP contribution is -2.24. The highest BCUT2D eigenvalue weighted by molar-refractivity contribution is 6.00. The van der Waals surface area contributed by atoms with Gasteiger partial charge in [0.1, 0.15) is 0 Å². The third-order valence-electron chi connectivity index (χ3n) is 5.64. The maximum atomic E-state index is 12.5. The second kappa shape index (κ2) is 7.93. The van der Waals surface area contributed by atoms with Gasteiger partial charge in [0.25, 0.3) is 5.91 Å². The summed E-state index contributed by atoms with van der Waals surface area (Å²) < 4.78 is 3.59. The number of nitrogens with zero attached hydrogens (tertiary/aromatic N) is 7. The van der Waals surface area contributed by atoms with Crippen LogP contribution < -0.4 is 20.9 Å². The Morgan fingerprint density at radius 2 is 1.85 bits per heavy atom. The van der Waals surface area contributed by atoms with E-state index in [-0.39, 0.29) is 11.6 Å². The van der Waals surface area contributed by atoms with Crippen LogP contribution in [0, 0.1) is 0 Å². The number of carbonyl (C=O) groups excluding carboxylic acids is 1. The topological polar surface area (TPSA) is 118 Å². The van der Waals surface area contributed by atoms with Gasteiger partial charge in [0.05, 0.1) is 47.4 Å². The molecule has 0 radical (unpaired) electrons. The van der Waals surface area contributed by atoms with Gasteiger partial charge >= 0.3 is 0 Å². The summed E-state index contributed by atoms with van der Waals surface area (Å²) in [6, 6.07) is 7.82. The molecule has 4 heterocycles. The number of amides is 1. The lowest BCUT2D eigenvalue weighted by molar-refractivity contribution is 0.0958. The predicted molar refractivity (Wildman–Crippen MR) is 126 cm³/mol. The van der Waals surface area contributed by atoms with Crippen LogP contribution in [-0.4, -0.2) is 49.8 Å². The zero-order chi connectivity index (χ0) is 23.1. The van der Waals surface area contributed by atoms with Crippen molar-refractivity contribution in [2.75, 3.05) is 29.6 Å². The van der Waals surface area contributed by atoms with Crippen molar-refractivity contribution in [1.29, 1.82) is 0 Å². The van der Waals surface area contributed by atoms with E-state index in [2.05, 4.69) is 47.3 Å². The third kappa shape index (κ3) is 3.63. The third-order valence-corrected chi connectivity index (χ3v) is 5.64. The molecular weight excluding hydrogens is 420 g/mol. The number of benzene rings is 1. The molecule has 0 unspecified atom stereocenters. The van der Waals surface area contributed by atoms with Crippen molar-refractivity contribution in [2.24, 2.45) is 14.1 Å². The normalized spacial score (nSPS) is 12.2. The average molecular weight is 445 g/mol. The summed E-state index contributed by atoms with van der Waals surface area (Å²) in [6.07, 6.45) is 5.41. The van der Waals surface area contributed by atoms with E-state index in [9.17, 15) is 4.79 Å². The molecule has 168 valence electrons. The lowest BCUT2D eigenvalue weighted by atomic mass is 9.98. The van der Waals surface area contributed by atoms with Crippen LogP contribution >= 0.6 is 0 Å². The maximum Gasteiger partial charge on any atom is 0.273 e. The molecule has 33 heavy (non-hydrogen) atoms. The molecule has 0 bridgehead atoms. The van der Waals surface area contributed by atoms with Crippen molar-refractivity contribution in [3.8, 4) is 11.1 Å². The molecule has 3 N–H and O–H groups in total. The number of aromatic nitrogens is 6. The van der Waals surface area contributed by atoms with Crippen molar-refractivity contribution in [1.82, 2.24) is 35.1 Å². The van der Waals surface area contributed by atoms with E-state index in [0.29, 0.717) is 11.5 Å². The quantitative estimate of drug-likeness (QED) is 0.430. The van der Waals surface area contributed by atoms with E-state index in [1.54, 1.807) is 24.0 Å². The van der Waals surface area contributed by atoms with Gasteiger partial charge in [0, 0.05) is 51.6 Å². The molecule has 0 spiro atoms. The standard InChI is InChI=1S/C22H24N10O/c1-23-22(33)20-17(8-19(28-29-20)26-13-9-24-31(3)11-13)27-16-7-5-6-14-15-10-25-32(4)18(15)12-30(2)21(14)16/h5-11H,12H2,1-4H3,(H,23,33)(H2,26,27,28). The van der Waals surface area contributed by atoms with Gasteiger partial charge in [-0.25, -0.2) is 0 Å². The Balaban J connectivity index is 1.56. The van der Waals surface area contributed by atoms with E-state index in [4.69, 9.17) is 0 Å². The van der Waals surface area contributed by atoms with Crippen LogP contribution in [0.2, 0.25) is 0 Å². The van der Waals surface area contributed by atoms with Crippen LogP contribution in [0.5, 0.6) is 0 Å². The second-order valence-corrected chi connectivity index (χ2v) is 7.91. The van der Waals surface area contributed by atoms with E-state index >= 15 is 0 Å². The predicted octanol–water partition coefficient (Wildman–Crippen LogP) is 2.41. The van der Waals surface area contributed by atoms with Crippen LogP contribution in [0.3, 0.4) is 0 Å². The van der Waals surface area contributed by atoms with Gasteiger partial charge in [-0.2, -0.15) is 10.2 Å². The highest BCUT2D eigenvalue weighted by atomic mass is 16.1. The summed E-state index contributed by atoms with van der Waals surface area (Å²) in [4.78, 5) is 14.7. The Bertz CT molecular complexity index is 1360. The molecule has 0 fully saturated rings. The first-order valence-corrected chi connectivity index (χ1v) is 10.4. The average Bonchev–Trinajstić information content (AvgIpc) is 3.38. The molecule has 0 atom stereocenters. The summed E-state index contributed by atoms with van der Waals surface area (Å²) in [6.45, 7) is 0.724. The molecule has 0 saturated carbocycles. The molecule has 1 aliphatic rings. The summed E-state index contributed by atoms with van der Waals surface area (Å²) in [5.41, 5.74) is 6.73. The van der Waals surface area contributed by atoms with Gasteiger partial charge in [-0.1, -0.05) is 12.1 Å². The summed E-state index contributed by atoms with van der Waals surface area (Å²) in [5.74, 6) is 0.163. The number of fused-ring (bicyclic) bond motifs is 3. The molecular formula is C22H24N10O. The van der Waals surface area contributed by atoms with Crippen molar-refractivity contribution < 1.29 is 4.79 Å². The van der Waals surface area contributed by atoms with E-state index in [0.717, 1.165) is 40.4 Å². The van der Waals surface area contributed by atoms with Gasteiger partial charge < -0.3 is 20.9 Å². The van der Waals surface area contributed by atoms with E-state index in [1.165, 1.54) is 0 Å². The fourth-order valence-corrected chi connectivity index (χ4v) is 4.06. The summed E-state index contributed by atoms with van der Waals surface area (Å²) in [5, 5.41) is 26.2. The monoisotopic (exact) mass is 444 g/mol. The SMILES string of the molecule is CNC(=O)c1nnc(Nc2cnn(C)c2)cc1Nc1cccc2c1N(C)Cc1c-2cnn1C. The molecule has 0 aliphatic carbocycles. The summed E-state index contributed by atoms with van der Waals surface area (Å²) >= 11 is 0. The molecule has 1 aromatic carbocycles. The number of hydrogen-bond acceptors (Lipinski definition) is 8. The molecule has 5 rings (SSSR count). The van der Waals surface area contributed by atoms with Crippen molar-refractivity contribution >= 4 is 34.5 Å². The summed E-state index contributed by atoms with van der Waals surface area (Å²) in [7, 11) is 7.40. The molecule has 3 aromatic heterocycles. The second-order valence-electron chi connectivity index (χ2n) is 7.91. The smallest absolute Gasteiger partial charge is 0.273 e. The first-order valence-electron chi connectivity index (χ1n) is 10.4. The molecule has 0 saturated heterocycles. The minimum absolute atomic E-state index is 0.201.